The van der Waals surface area contributed by atoms with E-state index in [2.05, 4.69) is 10.6 Å². The van der Waals surface area contributed by atoms with Crippen LogP contribution in [0.3, 0.4) is 0 Å². The zero-order valence-corrected chi connectivity index (χ0v) is 17.2. The van der Waals surface area contributed by atoms with Gasteiger partial charge in [0.15, 0.2) is 6.61 Å². The van der Waals surface area contributed by atoms with Gasteiger partial charge in [-0.1, -0.05) is 36.6 Å². The molecular formula is C23H26N2O5. The van der Waals surface area contributed by atoms with Gasteiger partial charge in [-0.25, -0.2) is 4.79 Å². The van der Waals surface area contributed by atoms with Gasteiger partial charge in [-0.3, -0.25) is 9.59 Å². The highest BCUT2D eigenvalue weighted by atomic mass is 16.5. The number of anilines is 1. The number of carbonyl (C=O) groups excluding carboxylic acids is 3. The summed E-state index contributed by atoms with van der Waals surface area (Å²) in [6, 6.07) is 12.1. The molecule has 2 aromatic rings. The van der Waals surface area contributed by atoms with Crippen LogP contribution in [0.25, 0.3) is 0 Å². The number of hydrogen-bond donors (Lipinski definition) is 2. The van der Waals surface area contributed by atoms with Crippen molar-refractivity contribution in [3.05, 3.63) is 59.2 Å². The molecule has 0 heterocycles. The largest absolute Gasteiger partial charge is 0.496 e. The number of rotatable bonds is 7. The average Bonchev–Trinajstić information content (AvgIpc) is 3.25. The van der Waals surface area contributed by atoms with Gasteiger partial charge in [0, 0.05) is 6.04 Å². The normalized spacial score (nSPS) is 13.5. The van der Waals surface area contributed by atoms with Crippen LogP contribution in [0.4, 0.5) is 5.69 Å². The first-order valence-electron chi connectivity index (χ1n) is 9.99. The predicted octanol–water partition coefficient (Wildman–Crippen LogP) is 3.47. The van der Waals surface area contributed by atoms with E-state index in [1.165, 1.54) is 7.11 Å². The number of amides is 2. The zero-order valence-electron chi connectivity index (χ0n) is 17.2. The Labute approximate surface area is 175 Å². The molecule has 2 N–H and O–H groups in total. The Morgan fingerprint density at radius 1 is 1.03 bits per heavy atom. The van der Waals surface area contributed by atoms with E-state index in [0.29, 0.717) is 17.0 Å². The molecular weight excluding hydrogens is 384 g/mol. The van der Waals surface area contributed by atoms with Gasteiger partial charge in [-0.05, 0) is 44.0 Å². The fourth-order valence-electron chi connectivity index (χ4n) is 3.50. The monoisotopic (exact) mass is 410 g/mol. The van der Waals surface area contributed by atoms with Gasteiger partial charge in [-0.15, -0.1) is 0 Å². The number of nitrogens with one attached hydrogen (secondary N) is 2. The molecule has 0 spiro atoms. The van der Waals surface area contributed by atoms with E-state index in [1.807, 2.05) is 13.0 Å². The first-order chi connectivity index (χ1) is 14.5. The minimum atomic E-state index is -0.655. The van der Waals surface area contributed by atoms with Crippen molar-refractivity contribution in [3.63, 3.8) is 0 Å². The summed E-state index contributed by atoms with van der Waals surface area (Å²) in [6.45, 7) is 1.37. The molecule has 30 heavy (non-hydrogen) atoms. The van der Waals surface area contributed by atoms with Crippen molar-refractivity contribution in [1.29, 1.82) is 0 Å². The molecule has 158 valence electrons. The SMILES string of the molecule is COc1ccc(C)cc1C(=O)OCC(=O)Nc1ccccc1C(=O)NC1CCCC1. The van der Waals surface area contributed by atoms with E-state index in [4.69, 9.17) is 9.47 Å². The molecule has 0 unspecified atom stereocenters. The maximum atomic E-state index is 12.6. The molecule has 2 amide bonds. The van der Waals surface area contributed by atoms with Crippen molar-refractivity contribution in [1.82, 2.24) is 5.32 Å². The van der Waals surface area contributed by atoms with Gasteiger partial charge in [-0.2, -0.15) is 0 Å². The highest BCUT2D eigenvalue weighted by molar-refractivity contribution is 6.04. The number of benzene rings is 2. The highest BCUT2D eigenvalue weighted by Crippen LogP contribution is 2.22. The Bertz CT molecular complexity index is 935. The van der Waals surface area contributed by atoms with E-state index in [1.54, 1.807) is 36.4 Å². The quantitative estimate of drug-likeness (QED) is 0.682. The van der Waals surface area contributed by atoms with Gasteiger partial charge in [0.25, 0.3) is 11.8 Å². The molecule has 0 aliphatic heterocycles. The predicted molar refractivity (Wildman–Crippen MR) is 113 cm³/mol. The number of esters is 1. The second kappa shape index (κ2) is 9.91. The highest BCUT2D eigenvalue weighted by Gasteiger charge is 2.21. The number of methoxy groups -OCH3 is 1. The van der Waals surface area contributed by atoms with Crippen molar-refractivity contribution < 1.29 is 23.9 Å². The maximum Gasteiger partial charge on any atom is 0.342 e. The van der Waals surface area contributed by atoms with Gasteiger partial charge in [0.05, 0.1) is 18.4 Å². The van der Waals surface area contributed by atoms with Crippen LogP contribution in [0.2, 0.25) is 0 Å². The first-order valence-corrected chi connectivity index (χ1v) is 9.99. The Kier molecular flexibility index (Phi) is 7.06. The smallest absolute Gasteiger partial charge is 0.342 e. The lowest BCUT2D eigenvalue weighted by Crippen LogP contribution is -2.33. The van der Waals surface area contributed by atoms with E-state index < -0.39 is 18.5 Å². The molecule has 2 aromatic carbocycles. The third-order valence-corrected chi connectivity index (χ3v) is 5.05. The van der Waals surface area contributed by atoms with Crippen molar-refractivity contribution >= 4 is 23.5 Å². The van der Waals surface area contributed by atoms with Crippen molar-refractivity contribution in [2.24, 2.45) is 0 Å². The minimum absolute atomic E-state index is 0.173. The standard InChI is InChI=1S/C23H26N2O5/c1-15-11-12-20(29-2)18(13-15)23(28)30-14-21(26)25-19-10-6-5-9-17(19)22(27)24-16-7-3-4-8-16/h5-6,9-13,16H,3-4,7-8,14H2,1-2H3,(H,24,27)(H,25,26). The molecule has 0 radical (unpaired) electrons. The maximum absolute atomic E-state index is 12.6. The average molecular weight is 410 g/mol. The summed E-state index contributed by atoms with van der Waals surface area (Å²) >= 11 is 0. The van der Waals surface area contributed by atoms with Crippen molar-refractivity contribution in [2.45, 2.75) is 38.6 Å². The fraction of sp³-hybridized carbons (Fsp3) is 0.348. The first kappa shape index (κ1) is 21.4. The Morgan fingerprint density at radius 2 is 1.77 bits per heavy atom. The zero-order chi connectivity index (χ0) is 21.5. The van der Waals surface area contributed by atoms with Crippen LogP contribution >= 0.6 is 0 Å². The molecule has 0 atom stereocenters. The lowest BCUT2D eigenvalue weighted by atomic mass is 10.1. The van der Waals surface area contributed by atoms with E-state index in [-0.39, 0.29) is 17.5 Å². The summed E-state index contributed by atoms with van der Waals surface area (Å²) in [5, 5.41) is 5.66. The lowest BCUT2D eigenvalue weighted by Gasteiger charge is -2.15. The number of hydrogen-bond acceptors (Lipinski definition) is 5. The summed E-state index contributed by atoms with van der Waals surface area (Å²) < 4.78 is 10.3. The second-order valence-electron chi connectivity index (χ2n) is 7.33. The molecule has 7 heteroatoms. The molecule has 7 nitrogen and oxygen atoms in total. The van der Waals surface area contributed by atoms with E-state index in [0.717, 1.165) is 31.2 Å². The molecule has 1 fully saturated rings. The summed E-state index contributed by atoms with van der Waals surface area (Å²) in [7, 11) is 1.46. The number of ether oxygens (including phenoxy) is 2. The van der Waals surface area contributed by atoms with Gasteiger partial charge in [0.2, 0.25) is 0 Å². The van der Waals surface area contributed by atoms with Crippen molar-refractivity contribution in [2.75, 3.05) is 19.0 Å². The van der Waals surface area contributed by atoms with Gasteiger partial charge < -0.3 is 20.1 Å². The fourth-order valence-corrected chi connectivity index (χ4v) is 3.50. The van der Waals surface area contributed by atoms with Crippen molar-refractivity contribution in [3.8, 4) is 5.75 Å². The number of aryl methyl sites for hydroxylation is 1. The van der Waals surface area contributed by atoms with Crippen LogP contribution in [-0.4, -0.2) is 37.5 Å². The molecule has 1 aliphatic carbocycles. The van der Waals surface area contributed by atoms with Crippen LogP contribution < -0.4 is 15.4 Å². The van der Waals surface area contributed by atoms with Gasteiger partial charge >= 0.3 is 5.97 Å². The molecule has 0 aromatic heterocycles. The van der Waals surface area contributed by atoms with Crippen LogP contribution in [0, 0.1) is 6.92 Å². The molecule has 0 saturated heterocycles. The Balaban J connectivity index is 1.61. The third kappa shape index (κ3) is 5.37. The summed E-state index contributed by atoms with van der Waals surface area (Å²) in [4.78, 5) is 37.3. The molecule has 3 rings (SSSR count). The Morgan fingerprint density at radius 3 is 2.50 bits per heavy atom. The van der Waals surface area contributed by atoms with Crippen LogP contribution in [0.5, 0.6) is 5.75 Å². The second-order valence-corrected chi connectivity index (χ2v) is 7.33. The van der Waals surface area contributed by atoms with Gasteiger partial charge in [0.1, 0.15) is 11.3 Å². The number of carbonyl (C=O) groups is 3. The topological polar surface area (TPSA) is 93.7 Å². The summed E-state index contributed by atoms with van der Waals surface area (Å²) in [5.74, 6) is -1.03. The summed E-state index contributed by atoms with van der Waals surface area (Å²) in [6.07, 6.45) is 4.16. The molecule has 1 saturated carbocycles. The van der Waals surface area contributed by atoms with E-state index >= 15 is 0 Å². The molecule has 0 bridgehead atoms. The van der Waals surface area contributed by atoms with Crippen LogP contribution in [0.15, 0.2) is 42.5 Å². The minimum Gasteiger partial charge on any atom is -0.496 e. The third-order valence-electron chi connectivity index (χ3n) is 5.05. The summed E-state index contributed by atoms with van der Waals surface area (Å²) in [5.41, 5.74) is 1.88. The van der Waals surface area contributed by atoms with Crippen LogP contribution in [0.1, 0.15) is 52.0 Å². The lowest BCUT2D eigenvalue weighted by molar-refractivity contribution is -0.119. The molecule has 1 aliphatic rings. The van der Waals surface area contributed by atoms with Crippen LogP contribution in [-0.2, 0) is 9.53 Å². The number of para-hydroxylation sites is 1. The van der Waals surface area contributed by atoms with E-state index in [9.17, 15) is 14.4 Å². The Hall–Kier alpha value is -3.35.